The second-order valence-electron chi connectivity index (χ2n) is 24.7. The van der Waals surface area contributed by atoms with Crippen molar-refractivity contribution < 1.29 is 0 Å². The molecule has 398 valence electrons. The highest BCUT2D eigenvalue weighted by Gasteiger charge is 2.30. The van der Waals surface area contributed by atoms with E-state index in [0.717, 1.165) is 24.2 Å². The number of fused-ring (bicyclic) bond motifs is 12. The zero-order chi connectivity index (χ0) is 55.8. The summed E-state index contributed by atoms with van der Waals surface area (Å²) in [7, 11) is -3.16. The van der Waals surface area contributed by atoms with Gasteiger partial charge in [0, 0.05) is 65.6 Å². The lowest BCUT2D eigenvalue weighted by atomic mass is 9.97. The van der Waals surface area contributed by atoms with E-state index in [9.17, 15) is 0 Å². The molecule has 0 aliphatic rings. The Morgan fingerprint density at radius 2 is 0.683 bits per heavy atom. The van der Waals surface area contributed by atoms with Crippen molar-refractivity contribution in [3.05, 3.63) is 242 Å². The van der Waals surface area contributed by atoms with Crippen molar-refractivity contribution in [3.63, 3.8) is 0 Å². The summed E-state index contributed by atoms with van der Waals surface area (Å²) in [4.78, 5) is 5.10. The van der Waals surface area contributed by atoms with E-state index < -0.39 is 16.1 Å². The van der Waals surface area contributed by atoms with E-state index in [4.69, 9.17) is 0 Å². The van der Waals surface area contributed by atoms with Crippen LogP contribution in [0.5, 0.6) is 0 Å². The maximum Gasteiger partial charge on any atom is 0.0775 e. The zero-order valence-corrected chi connectivity index (χ0v) is 50.1. The Morgan fingerprint density at radius 3 is 1.06 bits per heavy atom. The van der Waals surface area contributed by atoms with Gasteiger partial charge in [-0.1, -0.05) is 209 Å². The van der Waals surface area contributed by atoms with Crippen LogP contribution in [0.3, 0.4) is 0 Å². The molecule has 0 amide bonds. The third-order valence-electron chi connectivity index (χ3n) is 17.8. The molecule has 0 N–H and O–H groups in total. The van der Waals surface area contributed by atoms with Crippen molar-refractivity contribution in [2.45, 2.75) is 66.0 Å². The first-order chi connectivity index (χ1) is 39.9. The van der Waals surface area contributed by atoms with E-state index in [1.807, 2.05) is 0 Å². The Bertz CT molecular complexity index is 4630. The lowest BCUT2D eigenvalue weighted by Gasteiger charge is -2.30. The van der Waals surface area contributed by atoms with E-state index in [1.54, 1.807) is 0 Å². The summed E-state index contributed by atoms with van der Waals surface area (Å²) in [6.07, 6.45) is 1.93. The first-order valence-electron chi connectivity index (χ1n) is 29.4. The number of para-hydroxylation sites is 2. The fourth-order valence-electron chi connectivity index (χ4n) is 13.6. The predicted molar refractivity (Wildman–Crippen MR) is 361 cm³/mol. The van der Waals surface area contributed by atoms with Gasteiger partial charge >= 0.3 is 0 Å². The summed E-state index contributed by atoms with van der Waals surface area (Å²) in [6.45, 7) is 19.1. The van der Waals surface area contributed by atoms with Gasteiger partial charge in [-0.05, 0) is 120 Å². The summed E-state index contributed by atoms with van der Waals surface area (Å²) in [5.41, 5.74) is 21.9. The van der Waals surface area contributed by atoms with Crippen molar-refractivity contribution in [1.29, 1.82) is 0 Å². The van der Waals surface area contributed by atoms with Gasteiger partial charge in [0.15, 0.2) is 0 Å². The molecule has 0 aliphatic carbocycles. The first-order valence-corrected chi connectivity index (χ1v) is 36.4. The van der Waals surface area contributed by atoms with E-state index >= 15 is 0 Å². The molecule has 0 bridgehead atoms. The molecule has 0 spiro atoms. The van der Waals surface area contributed by atoms with Crippen LogP contribution in [0.15, 0.2) is 231 Å². The summed E-state index contributed by atoms with van der Waals surface area (Å²) in [6, 6.07) is 88.0. The molecule has 4 nitrogen and oxygen atoms in total. The van der Waals surface area contributed by atoms with Gasteiger partial charge in [0.25, 0.3) is 0 Å². The number of anilines is 6. The molecule has 0 atom stereocenters. The van der Waals surface area contributed by atoms with Gasteiger partial charge in [0.05, 0.1) is 72.0 Å². The SMILES string of the molecule is CCc1ccc(N(c2ccc([Si](C)(C)C)cc2)c2ccc3c4cc5c(cc4n4c6ccccc6c2c34)c2ccc(N(c3ccc([Si](C)(C)C)cc3)c3ccc(CC)cc3-c3ccccc3)c3c4ccccc4n5c23)c(-c2ccccc2)c1. The Balaban J connectivity index is 1.00. The molecule has 11 aromatic carbocycles. The number of benzene rings is 11. The molecule has 82 heavy (non-hydrogen) atoms. The van der Waals surface area contributed by atoms with E-state index in [0.29, 0.717) is 0 Å². The number of hydrogen-bond donors (Lipinski definition) is 0. The minimum absolute atomic E-state index is 0.963. The van der Waals surface area contributed by atoms with Crippen LogP contribution >= 0.6 is 0 Å². The van der Waals surface area contributed by atoms with Gasteiger partial charge in [0.2, 0.25) is 0 Å². The highest BCUT2D eigenvalue weighted by Crippen LogP contribution is 2.53. The minimum atomic E-state index is -1.58. The molecule has 4 aromatic heterocycles. The van der Waals surface area contributed by atoms with Gasteiger partial charge in [-0.2, -0.15) is 0 Å². The fourth-order valence-corrected chi connectivity index (χ4v) is 15.9. The lowest BCUT2D eigenvalue weighted by molar-refractivity contribution is 1.14. The number of hydrogen-bond acceptors (Lipinski definition) is 2. The third kappa shape index (κ3) is 7.68. The summed E-state index contributed by atoms with van der Waals surface area (Å²) in [5.74, 6) is 0. The highest BCUT2D eigenvalue weighted by atomic mass is 28.3. The monoisotopic (exact) mass is 1090 g/mol. The van der Waals surface area contributed by atoms with E-state index in [-0.39, 0.29) is 0 Å². The number of nitrogens with zero attached hydrogens (tertiary/aromatic N) is 4. The smallest absolute Gasteiger partial charge is 0.0775 e. The average Bonchev–Trinajstić information content (AvgIpc) is 2.28. The maximum atomic E-state index is 2.58. The molecule has 0 radical (unpaired) electrons. The predicted octanol–water partition coefficient (Wildman–Crippen LogP) is 20.5. The Labute approximate surface area is 482 Å². The van der Waals surface area contributed by atoms with Crippen molar-refractivity contribution in [2.24, 2.45) is 0 Å². The second-order valence-corrected chi connectivity index (χ2v) is 34.9. The van der Waals surface area contributed by atoms with Gasteiger partial charge in [-0.15, -0.1) is 0 Å². The van der Waals surface area contributed by atoms with E-state index in [2.05, 4.69) is 302 Å². The maximum absolute atomic E-state index is 2.58. The van der Waals surface area contributed by atoms with Crippen LogP contribution in [0.4, 0.5) is 34.1 Å². The van der Waals surface area contributed by atoms with Crippen LogP contribution in [0.1, 0.15) is 25.0 Å². The largest absolute Gasteiger partial charge is 0.309 e. The third-order valence-corrected chi connectivity index (χ3v) is 21.9. The Hall–Kier alpha value is -8.95. The molecule has 0 unspecified atom stereocenters. The summed E-state index contributed by atoms with van der Waals surface area (Å²) < 4.78 is 5.16. The number of aryl methyl sites for hydroxylation is 2. The van der Waals surface area contributed by atoms with Crippen LogP contribution in [0.2, 0.25) is 39.3 Å². The molecule has 0 saturated carbocycles. The highest BCUT2D eigenvalue weighted by molar-refractivity contribution is 6.89. The normalized spacial score (nSPS) is 12.5. The van der Waals surface area contributed by atoms with Crippen LogP contribution in [-0.4, -0.2) is 24.9 Å². The number of aromatic nitrogens is 2. The quantitative estimate of drug-likeness (QED) is 0.113. The average molecular weight is 1090 g/mol. The lowest BCUT2D eigenvalue weighted by Crippen LogP contribution is -2.37. The number of rotatable bonds is 12. The van der Waals surface area contributed by atoms with Gasteiger partial charge in [-0.3, -0.25) is 0 Å². The molecule has 0 fully saturated rings. The summed E-state index contributed by atoms with van der Waals surface area (Å²) in [5, 5.41) is 12.9. The van der Waals surface area contributed by atoms with Gasteiger partial charge in [0.1, 0.15) is 0 Å². The summed E-state index contributed by atoms with van der Waals surface area (Å²) >= 11 is 0. The van der Waals surface area contributed by atoms with Crippen LogP contribution < -0.4 is 20.2 Å². The molecule has 6 heteroatoms. The standard InChI is InChI=1S/C76H66N4Si2/c1-9-49-29-41-67(61(45-49)51-21-13-11-14-22-51)77(53-31-35-55(36-32-53)81(3,4)5)69-43-39-57-63-47-72-64(48-71(63)79-65-27-19-17-25-59(65)73(69)75(57)79)58-40-44-70(74-60-26-18-20-28-66(60)80(72)76(58)74)78(54-33-37-56(38-34-54)82(6,7)8)68-42-30-50(10-2)46-62(68)52-23-15-12-16-24-52/h11-48H,9-10H2,1-8H3. The Morgan fingerprint density at radius 1 is 0.317 bits per heavy atom. The molecule has 0 saturated heterocycles. The fraction of sp³-hybridized carbons (Fsp3) is 0.132. The first kappa shape index (κ1) is 50.0. The second kappa shape index (κ2) is 18.8. The van der Waals surface area contributed by atoms with Crippen molar-refractivity contribution in [1.82, 2.24) is 8.80 Å². The van der Waals surface area contributed by atoms with Crippen LogP contribution in [0.25, 0.3) is 98.4 Å². The Kier molecular flexibility index (Phi) is 11.5. The van der Waals surface area contributed by atoms with E-state index in [1.165, 1.54) is 143 Å². The van der Waals surface area contributed by atoms with Crippen LogP contribution in [0, 0.1) is 0 Å². The topological polar surface area (TPSA) is 15.3 Å². The van der Waals surface area contributed by atoms with Crippen molar-refractivity contribution in [2.75, 3.05) is 9.80 Å². The zero-order valence-electron chi connectivity index (χ0n) is 48.1. The van der Waals surface area contributed by atoms with Gasteiger partial charge in [-0.25, -0.2) is 0 Å². The molecule has 4 heterocycles. The van der Waals surface area contributed by atoms with Crippen molar-refractivity contribution >= 4 is 137 Å². The molecule has 15 rings (SSSR count). The molecular formula is C76H66N4Si2. The van der Waals surface area contributed by atoms with Gasteiger partial charge < -0.3 is 18.6 Å². The molecular weight excluding hydrogens is 1030 g/mol. The van der Waals surface area contributed by atoms with Crippen LogP contribution in [-0.2, 0) is 12.8 Å². The minimum Gasteiger partial charge on any atom is -0.309 e. The molecule has 0 aliphatic heterocycles. The van der Waals surface area contributed by atoms with Crippen molar-refractivity contribution in [3.8, 4) is 22.3 Å². The molecule has 15 aromatic rings.